The lowest BCUT2D eigenvalue weighted by Crippen LogP contribution is -2.14. The van der Waals surface area contributed by atoms with Crippen molar-refractivity contribution in [2.24, 2.45) is 0 Å². The molecule has 2 aliphatic rings. The Balaban J connectivity index is 1.14. The van der Waals surface area contributed by atoms with E-state index in [0.29, 0.717) is 0 Å². The van der Waals surface area contributed by atoms with Gasteiger partial charge in [0.25, 0.3) is 0 Å². The van der Waals surface area contributed by atoms with Gasteiger partial charge in [0, 0.05) is 28.2 Å². The van der Waals surface area contributed by atoms with Crippen molar-refractivity contribution in [2.75, 3.05) is 6.61 Å². The van der Waals surface area contributed by atoms with E-state index in [4.69, 9.17) is 4.42 Å². The third-order valence-electron chi connectivity index (χ3n) is 13.9. The molecule has 0 saturated carbocycles. The first-order valence-electron chi connectivity index (χ1n) is 21.6. The van der Waals surface area contributed by atoms with Gasteiger partial charge < -0.3 is 14.6 Å². The maximum absolute atomic E-state index is 9.91. The topological polar surface area (TPSA) is 53.6 Å². The summed E-state index contributed by atoms with van der Waals surface area (Å²) in [6.45, 7) is 9.54. The number of rotatable bonds is 8. The highest BCUT2D eigenvalue weighted by Crippen LogP contribution is 2.52. The van der Waals surface area contributed by atoms with Gasteiger partial charge in [0.2, 0.25) is 0 Å². The van der Waals surface area contributed by atoms with Crippen LogP contribution in [0.15, 0.2) is 162 Å². The van der Waals surface area contributed by atoms with Crippen LogP contribution in [0.2, 0.25) is 0 Å². The van der Waals surface area contributed by atoms with Crippen molar-refractivity contribution in [2.45, 2.75) is 58.0 Å². The normalized spacial score (nSPS) is 14.3. The Morgan fingerprint density at radius 3 is 1.26 bits per heavy atom. The first-order valence-corrected chi connectivity index (χ1v) is 21.6. The van der Waals surface area contributed by atoms with E-state index in [9.17, 15) is 10.2 Å². The molecule has 0 atom stereocenters. The molecular formula is C58H48O3. The van der Waals surface area contributed by atoms with Crippen LogP contribution in [-0.2, 0) is 23.9 Å². The van der Waals surface area contributed by atoms with Crippen LogP contribution in [0.5, 0.6) is 0 Å². The molecule has 0 unspecified atom stereocenters. The molecule has 0 saturated heterocycles. The van der Waals surface area contributed by atoms with Crippen molar-refractivity contribution in [3.05, 3.63) is 191 Å². The van der Waals surface area contributed by atoms with Crippen molar-refractivity contribution < 1.29 is 14.6 Å². The summed E-state index contributed by atoms with van der Waals surface area (Å²) in [6.07, 6.45) is 1.59. The van der Waals surface area contributed by atoms with Crippen molar-refractivity contribution >= 4 is 21.9 Å². The monoisotopic (exact) mass is 792 g/mol. The second kappa shape index (κ2) is 14.0. The second-order valence-electron chi connectivity index (χ2n) is 18.1. The first-order chi connectivity index (χ1) is 29.6. The van der Waals surface area contributed by atoms with Crippen molar-refractivity contribution in [1.82, 2.24) is 0 Å². The van der Waals surface area contributed by atoms with E-state index in [1.165, 1.54) is 55.6 Å². The van der Waals surface area contributed by atoms with Gasteiger partial charge in [-0.15, -0.1) is 0 Å². The summed E-state index contributed by atoms with van der Waals surface area (Å²) >= 11 is 0. The van der Waals surface area contributed by atoms with Gasteiger partial charge in [-0.05, 0) is 149 Å². The predicted molar refractivity (Wildman–Crippen MR) is 252 cm³/mol. The minimum Gasteiger partial charge on any atom is -0.456 e. The van der Waals surface area contributed by atoms with Gasteiger partial charge in [0.1, 0.15) is 11.2 Å². The molecule has 0 aliphatic heterocycles. The lowest BCUT2D eigenvalue weighted by molar-refractivity contribution is 0.282. The summed E-state index contributed by atoms with van der Waals surface area (Å²) in [4.78, 5) is 0. The van der Waals surface area contributed by atoms with Crippen LogP contribution in [0, 0.1) is 0 Å². The van der Waals surface area contributed by atoms with E-state index in [2.05, 4.69) is 173 Å². The lowest BCUT2D eigenvalue weighted by Gasteiger charge is -2.22. The molecule has 2 N–H and O–H groups in total. The molecule has 0 bridgehead atoms. The van der Waals surface area contributed by atoms with Gasteiger partial charge in [-0.3, -0.25) is 0 Å². The number of hydrogen-bond acceptors (Lipinski definition) is 3. The minimum atomic E-state index is -0.133. The van der Waals surface area contributed by atoms with E-state index in [-0.39, 0.29) is 24.0 Å². The smallest absolute Gasteiger partial charge is 0.136 e. The summed E-state index contributed by atoms with van der Waals surface area (Å²) < 4.78 is 6.91. The fraction of sp³-hybridized carbons (Fsp3) is 0.172. The standard InChI is InChI=1S/C58H48O3/c1-57(2)51-13-7-5-11-41(51)43-25-23-39(28-53(43)57)45-30-49-50-31-46(40-24-26-44-42-12-6-8-14-52(42)58(3,4)54(44)29-40)48(38-21-17-36(34-60)18-22-38)33-56(50)61-55(49)32-47(45)37-19-15-35(16-20-37)10-9-27-59/h5-8,11-26,28-33,59-60H,9-10,27,34H2,1-4H3. The van der Waals surface area contributed by atoms with Gasteiger partial charge in [-0.2, -0.15) is 0 Å². The predicted octanol–water partition coefficient (Wildman–Crippen LogP) is 14.3. The molecule has 61 heavy (non-hydrogen) atoms. The Morgan fingerprint density at radius 1 is 0.393 bits per heavy atom. The average molecular weight is 793 g/mol. The summed E-state index contributed by atoms with van der Waals surface area (Å²) in [6, 6.07) is 57.9. The molecule has 1 heterocycles. The zero-order valence-electron chi connectivity index (χ0n) is 35.1. The SMILES string of the molecule is CC1(C)c2ccccc2-c2ccc(-c3cc4c(cc3-c3ccc(CO)cc3)oc3cc(-c5ccc(CCCO)cc5)c(-c5ccc6c(c5)C(C)(C)c5ccccc5-6)cc34)cc21. The van der Waals surface area contributed by atoms with E-state index < -0.39 is 0 Å². The Kier molecular flexibility index (Phi) is 8.62. The van der Waals surface area contributed by atoms with Crippen molar-refractivity contribution in [3.8, 4) is 66.8 Å². The largest absolute Gasteiger partial charge is 0.456 e. The molecule has 3 heteroatoms. The molecule has 0 fully saturated rings. The van der Waals surface area contributed by atoms with Crippen LogP contribution < -0.4 is 0 Å². The average Bonchev–Trinajstić information content (AvgIpc) is 3.85. The van der Waals surface area contributed by atoms with Crippen LogP contribution in [0.25, 0.3) is 88.7 Å². The molecule has 0 radical (unpaired) electrons. The van der Waals surface area contributed by atoms with Gasteiger partial charge in [-0.1, -0.05) is 149 Å². The number of aryl methyl sites for hydroxylation is 1. The highest BCUT2D eigenvalue weighted by atomic mass is 16.3. The molecule has 8 aromatic carbocycles. The Hall–Kier alpha value is -6.52. The molecule has 9 aromatic rings. The fourth-order valence-corrected chi connectivity index (χ4v) is 10.5. The number of furan rings is 1. The maximum Gasteiger partial charge on any atom is 0.136 e. The Morgan fingerprint density at radius 2 is 0.803 bits per heavy atom. The third-order valence-corrected chi connectivity index (χ3v) is 13.9. The molecule has 3 nitrogen and oxygen atoms in total. The van der Waals surface area contributed by atoms with Crippen LogP contribution in [-0.4, -0.2) is 16.8 Å². The summed E-state index contributed by atoms with van der Waals surface area (Å²) in [5.41, 5.74) is 23.2. The van der Waals surface area contributed by atoms with E-state index >= 15 is 0 Å². The van der Waals surface area contributed by atoms with E-state index in [1.807, 2.05) is 12.1 Å². The van der Waals surface area contributed by atoms with Gasteiger partial charge >= 0.3 is 0 Å². The van der Waals surface area contributed by atoms with Crippen molar-refractivity contribution in [3.63, 3.8) is 0 Å². The number of benzene rings is 8. The third kappa shape index (κ3) is 5.86. The number of hydrogen-bond donors (Lipinski definition) is 2. The molecule has 1 aromatic heterocycles. The number of aliphatic hydroxyl groups excluding tert-OH is 2. The van der Waals surface area contributed by atoms with Gasteiger partial charge in [0.15, 0.2) is 0 Å². The molecule has 2 aliphatic carbocycles. The Bertz CT molecular complexity index is 3200. The van der Waals surface area contributed by atoms with Gasteiger partial charge in [0.05, 0.1) is 6.61 Å². The molecule has 298 valence electrons. The van der Waals surface area contributed by atoms with Crippen LogP contribution >= 0.6 is 0 Å². The van der Waals surface area contributed by atoms with Crippen LogP contribution in [0.4, 0.5) is 0 Å². The zero-order chi connectivity index (χ0) is 41.6. The van der Waals surface area contributed by atoms with Gasteiger partial charge in [-0.25, -0.2) is 0 Å². The summed E-state index contributed by atoms with van der Waals surface area (Å²) in [5.74, 6) is 0. The minimum absolute atomic E-state index is 0.000906. The molecular weight excluding hydrogens is 745 g/mol. The highest BCUT2D eigenvalue weighted by molar-refractivity contribution is 6.12. The highest BCUT2D eigenvalue weighted by Gasteiger charge is 2.37. The van der Waals surface area contributed by atoms with Crippen molar-refractivity contribution in [1.29, 1.82) is 0 Å². The second-order valence-corrected chi connectivity index (χ2v) is 18.1. The number of aliphatic hydroxyl groups is 2. The first kappa shape index (κ1) is 37.5. The Labute approximate surface area is 357 Å². The quantitative estimate of drug-likeness (QED) is 0.161. The van der Waals surface area contributed by atoms with Crippen LogP contribution in [0.3, 0.4) is 0 Å². The maximum atomic E-state index is 9.91. The summed E-state index contributed by atoms with van der Waals surface area (Å²) in [7, 11) is 0. The fourth-order valence-electron chi connectivity index (χ4n) is 10.5. The molecule has 11 rings (SSSR count). The van der Waals surface area contributed by atoms with E-state index in [0.717, 1.165) is 79.3 Å². The zero-order valence-corrected chi connectivity index (χ0v) is 35.1. The molecule has 0 amide bonds. The molecule has 0 spiro atoms. The summed E-state index contributed by atoms with van der Waals surface area (Å²) in [5, 5.41) is 21.6. The van der Waals surface area contributed by atoms with E-state index in [1.54, 1.807) is 0 Å². The number of fused-ring (bicyclic) bond motifs is 9. The lowest BCUT2D eigenvalue weighted by atomic mass is 9.81. The van der Waals surface area contributed by atoms with Crippen LogP contribution in [0.1, 0.15) is 67.5 Å².